The summed E-state index contributed by atoms with van der Waals surface area (Å²) < 4.78 is 22.5. The first-order valence-electron chi connectivity index (χ1n) is 4.26. The van der Waals surface area contributed by atoms with Gasteiger partial charge < -0.3 is 4.48 Å². The van der Waals surface area contributed by atoms with Crippen molar-refractivity contribution in [1.82, 2.24) is 0 Å². The Hall–Kier alpha value is -0.0900. The van der Waals surface area contributed by atoms with Crippen LogP contribution in [0.1, 0.15) is 13.3 Å². The third-order valence-corrected chi connectivity index (χ3v) is 3.16. The molecule has 0 saturated carbocycles. The van der Waals surface area contributed by atoms with E-state index in [9.17, 15) is 8.42 Å². The lowest BCUT2D eigenvalue weighted by Gasteiger charge is -2.27. The Morgan fingerprint density at radius 1 is 1.25 bits per heavy atom. The summed E-state index contributed by atoms with van der Waals surface area (Å²) in [5, 5.41) is 0. The average Bonchev–Trinajstić information content (AvgIpc) is 1.84. The fraction of sp³-hybridized carbons (Fsp3) is 1.00. The molecule has 74 valence electrons. The van der Waals surface area contributed by atoms with Gasteiger partial charge in [-0.2, -0.15) is 0 Å². The summed E-state index contributed by atoms with van der Waals surface area (Å²) in [7, 11) is 1.46. The molecule has 0 aromatic rings. The smallest absolute Gasteiger partial charge is 0.147 e. The van der Waals surface area contributed by atoms with Gasteiger partial charge in [-0.3, -0.25) is 0 Å². The van der Waals surface area contributed by atoms with Crippen LogP contribution in [-0.2, 0) is 9.84 Å². The molecular weight excluding hydrogens is 174 g/mol. The van der Waals surface area contributed by atoms with Crippen molar-refractivity contribution in [1.29, 1.82) is 0 Å². The van der Waals surface area contributed by atoms with Gasteiger partial charge in [0.15, 0.2) is 0 Å². The molecule has 0 aromatic carbocycles. The van der Waals surface area contributed by atoms with Gasteiger partial charge in [-0.25, -0.2) is 8.42 Å². The first-order chi connectivity index (χ1) is 5.27. The number of rotatable bonds is 5. The predicted molar refractivity (Wildman–Crippen MR) is 51.8 cm³/mol. The van der Waals surface area contributed by atoms with E-state index in [0.29, 0.717) is 5.75 Å². The monoisotopic (exact) mass is 194 g/mol. The third-order valence-electron chi connectivity index (χ3n) is 2.13. The van der Waals surface area contributed by atoms with Gasteiger partial charge in [-0.05, 0) is 6.92 Å². The van der Waals surface area contributed by atoms with Crippen molar-refractivity contribution in [2.75, 3.05) is 39.2 Å². The molecule has 0 unspecified atom stereocenters. The first-order valence-corrected chi connectivity index (χ1v) is 6.32. The average molecular weight is 194 g/mol. The largest absolute Gasteiger partial charge is 0.329 e. The van der Waals surface area contributed by atoms with E-state index >= 15 is 0 Å². The van der Waals surface area contributed by atoms with Crippen molar-refractivity contribution in [2.24, 2.45) is 0 Å². The van der Waals surface area contributed by atoms with Crippen LogP contribution in [-0.4, -0.2) is 52.1 Å². The Bertz CT molecular complexity index is 219. The number of hydrogen-bond acceptors (Lipinski definition) is 2. The maximum Gasteiger partial charge on any atom is 0.147 e. The molecule has 12 heavy (non-hydrogen) atoms. The Balaban J connectivity index is 3.72. The minimum absolute atomic E-state index is 0.314. The molecule has 0 heterocycles. The van der Waals surface area contributed by atoms with Crippen molar-refractivity contribution in [3.63, 3.8) is 0 Å². The van der Waals surface area contributed by atoms with E-state index in [4.69, 9.17) is 0 Å². The summed E-state index contributed by atoms with van der Waals surface area (Å²) in [4.78, 5) is 0. The van der Waals surface area contributed by atoms with Crippen LogP contribution in [0.3, 0.4) is 0 Å². The van der Waals surface area contributed by atoms with E-state index in [1.54, 1.807) is 0 Å². The summed E-state index contributed by atoms with van der Waals surface area (Å²) in [5.74, 6) is 0.314. The SMILES string of the molecule is CC[N+](C)(C)CCCS(C)(=O)=O. The van der Waals surface area contributed by atoms with E-state index in [1.807, 2.05) is 0 Å². The highest BCUT2D eigenvalue weighted by atomic mass is 32.2. The Labute approximate surface area is 75.9 Å². The highest BCUT2D eigenvalue weighted by molar-refractivity contribution is 7.90. The number of sulfone groups is 1. The van der Waals surface area contributed by atoms with Gasteiger partial charge >= 0.3 is 0 Å². The van der Waals surface area contributed by atoms with Crippen LogP contribution in [0.25, 0.3) is 0 Å². The van der Waals surface area contributed by atoms with E-state index in [-0.39, 0.29) is 0 Å². The lowest BCUT2D eigenvalue weighted by Crippen LogP contribution is -2.40. The second-order valence-electron chi connectivity index (χ2n) is 3.96. The molecular formula is C8H20NO2S+. The van der Waals surface area contributed by atoms with Gasteiger partial charge in [-0.15, -0.1) is 0 Å². The minimum atomic E-state index is -2.76. The highest BCUT2D eigenvalue weighted by Gasteiger charge is 2.12. The summed E-state index contributed by atoms with van der Waals surface area (Å²) >= 11 is 0. The predicted octanol–water partition coefficient (Wildman–Crippen LogP) is 0.517. The van der Waals surface area contributed by atoms with E-state index in [2.05, 4.69) is 21.0 Å². The molecule has 0 rings (SSSR count). The lowest BCUT2D eigenvalue weighted by molar-refractivity contribution is -0.888. The van der Waals surface area contributed by atoms with Crippen molar-refractivity contribution in [3.8, 4) is 0 Å². The van der Waals surface area contributed by atoms with Crippen LogP contribution >= 0.6 is 0 Å². The van der Waals surface area contributed by atoms with Crippen LogP contribution in [0.5, 0.6) is 0 Å². The number of hydrogen-bond donors (Lipinski definition) is 0. The zero-order valence-corrected chi connectivity index (χ0v) is 9.32. The molecule has 0 fully saturated rings. The molecule has 3 nitrogen and oxygen atoms in total. The van der Waals surface area contributed by atoms with Gasteiger partial charge in [-0.1, -0.05) is 0 Å². The van der Waals surface area contributed by atoms with E-state index in [0.717, 1.165) is 24.0 Å². The molecule has 0 N–H and O–H groups in total. The molecule has 0 spiro atoms. The zero-order chi connectivity index (χ0) is 9.83. The van der Waals surface area contributed by atoms with E-state index < -0.39 is 9.84 Å². The highest BCUT2D eigenvalue weighted by Crippen LogP contribution is 1.99. The van der Waals surface area contributed by atoms with Gasteiger partial charge in [0.1, 0.15) is 9.84 Å². The summed E-state index contributed by atoms with van der Waals surface area (Å²) in [6, 6.07) is 0. The normalized spacial score (nSPS) is 13.3. The minimum Gasteiger partial charge on any atom is -0.329 e. The first kappa shape index (κ1) is 11.9. The Morgan fingerprint density at radius 2 is 1.75 bits per heavy atom. The Kier molecular flexibility index (Phi) is 4.20. The molecule has 4 heteroatoms. The topological polar surface area (TPSA) is 34.1 Å². The van der Waals surface area contributed by atoms with Crippen molar-refractivity contribution in [3.05, 3.63) is 0 Å². The van der Waals surface area contributed by atoms with Crippen LogP contribution in [0, 0.1) is 0 Å². The number of quaternary nitrogens is 1. The summed E-state index contributed by atoms with van der Waals surface area (Å²) in [6.07, 6.45) is 2.05. The number of nitrogens with zero attached hydrogens (tertiary/aromatic N) is 1. The molecule has 0 aromatic heterocycles. The molecule has 0 atom stereocenters. The van der Waals surface area contributed by atoms with Crippen molar-refractivity contribution >= 4 is 9.84 Å². The molecule has 0 saturated heterocycles. The van der Waals surface area contributed by atoms with Crippen molar-refractivity contribution < 1.29 is 12.9 Å². The second kappa shape index (κ2) is 4.23. The molecule has 0 aliphatic heterocycles. The summed E-state index contributed by atoms with van der Waals surface area (Å²) in [5.41, 5.74) is 0. The zero-order valence-electron chi connectivity index (χ0n) is 8.50. The molecule has 0 aliphatic carbocycles. The fourth-order valence-corrected chi connectivity index (χ4v) is 1.57. The standard InChI is InChI=1S/C8H20NO2S/c1-5-9(2,3)7-6-8-12(4,10)11/h5-8H2,1-4H3/q+1. The molecule has 0 bridgehead atoms. The maximum absolute atomic E-state index is 10.8. The molecule has 0 radical (unpaired) electrons. The molecule has 0 amide bonds. The van der Waals surface area contributed by atoms with Gasteiger partial charge in [0.2, 0.25) is 0 Å². The third kappa shape index (κ3) is 6.61. The Morgan fingerprint density at radius 3 is 2.08 bits per heavy atom. The van der Waals surface area contributed by atoms with E-state index in [1.165, 1.54) is 6.26 Å². The summed E-state index contributed by atoms with van der Waals surface area (Å²) in [6.45, 7) is 4.09. The lowest BCUT2D eigenvalue weighted by atomic mass is 10.4. The quantitative estimate of drug-likeness (QED) is 0.598. The van der Waals surface area contributed by atoms with Crippen LogP contribution in [0.2, 0.25) is 0 Å². The van der Waals surface area contributed by atoms with Crippen molar-refractivity contribution in [2.45, 2.75) is 13.3 Å². The fourth-order valence-electron chi connectivity index (χ4n) is 0.913. The van der Waals surface area contributed by atoms with Gasteiger partial charge in [0.05, 0.1) is 32.9 Å². The van der Waals surface area contributed by atoms with Crippen LogP contribution in [0.15, 0.2) is 0 Å². The van der Waals surface area contributed by atoms with Gasteiger partial charge in [0, 0.05) is 12.7 Å². The van der Waals surface area contributed by atoms with Gasteiger partial charge in [0.25, 0.3) is 0 Å². The maximum atomic E-state index is 10.8. The molecule has 0 aliphatic rings. The van der Waals surface area contributed by atoms with Crippen LogP contribution in [0.4, 0.5) is 0 Å². The van der Waals surface area contributed by atoms with Crippen LogP contribution < -0.4 is 0 Å². The second-order valence-corrected chi connectivity index (χ2v) is 6.22.